The first-order chi connectivity index (χ1) is 4.34. The summed E-state index contributed by atoms with van der Waals surface area (Å²) < 4.78 is 0. The third-order valence-corrected chi connectivity index (χ3v) is 2.33. The van der Waals surface area contributed by atoms with Crippen molar-refractivity contribution in [1.29, 1.82) is 0 Å². The highest BCUT2D eigenvalue weighted by Crippen LogP contribution is 2.28. The Balaban J connectivity index is 0.000000810. The van der Waals surface area contributed by atoms with Crippen LogP contribution in [0.3, 0.4) is 0 Å². The Labute approximate surface area is 65.0 Å². The summed E-state index contributed by atoms with van der Waals surface area (Å²) in [6.45, 7) is 2.27. The van der Waals surface area contributed by atoms with E-state index in [0.717, 1.165) is 5.92 Å². The molecule has 0 radical (unpaired) electrons. The van der Waals surface area contributed by atoms with Crippen LogP contribution in [0.5, 0.6) is 0 Å². The normalized spacial score (nSPS) is 32.0. The van der Waals surface area contributed by atoms with Crippen LogP contribution in [-0.2, 0) is 0 Å². The SMILES string of the molecule is C.C#CC1CCCCC1C. The Morgan fingerprint density at radius 2 is 1.90 bits per heavy atom. The van der Waals surface area contributed by atoms with Gasteiger partial charge in [0.2, 0.25) is 0 Å². The lowest BCUT2D eigenvalue weighted by Gasteiger charge is -2.23. The Morgan fingerprint density at radius 3 is 2.30 bits per heavy atom. The van der Waals surface area contributed by atoms with Crippen LogP contribution in [0.25, 0.3) is 0 Å². The molecule has 0 aromatic rings. The van der Waals surface area contributed by atoms with Crippen molar-refractivity contribution in [3.05, 3.63) is 0 Å². The van der Waals surface area contributed by atoms with E-state index in [9.17, 15) is 0 Å². The fourth-order valence-electron chi connectivity index (χ4n) is 1.56. The van der Waals surface area contributed by atoms with Crippen LogP contribution in [0.2, 0.25) is 0 Å². The first-order valence-corrected chi connectivity index (χ1v) is 3.80. The Kier molecular flexibility index (Phi) is 4.19. The molecule has 0 N–H and O–H groups in total. The van der Waals surface area contributed by atoms with Gasteiger partial charge in [-0.15, -0.1) is 12.3 Å². The maximum atomic E-state index is 5.34. The van der Waals surface area contributed by atoms with Crippen molar-refractivity contribution < 1.29 is 0 Å². The van der Waals surface area contributed by atoms with Gasteiger partial charge in [-0.1, -0.05) is 27.2 Å². The molecule has 0 nitrogen and oxygen atoms in total. The smallest absolute Gasteiger partial charge is 0.0225 e. The summed E-state index contributed by atoms with van der Waals surface area (Å²) in [5.41, 5.74) is 0. The predicted molar refractivity (Wildman–Crippen MR) is 46.7 cm³/mol. The van der Waals surface area contributed by atoms with E-state index in [0.29, 0.717) is 5.92 Å². The molecule has 0 aliphatic heterocycles. The molecule has 0 amide bonds. The third-order valence-electron chi connectivity index (χ3n) is 2.33. The molecule has 0 spiro atoms. The first-order valence-electron chi connectivity index (χ1n) is 3.80. The molecule has 58 valence electrons. The van der Waals surface area contributed by atoms with Crippen molar-refractivity contribution in [2.45, 2.75) is 40.0 Å². The van der Waals surface area contributed by atoms with Gasteiger partial charge in [0, 0.05) is 5.92 Å². The van der Waals surface area contributed by atoms with E-state index in [-0.39, 0.29) is 7.43 Å². The summed E-state index contributed by atoms with van der Waals surface area (Å²) in [6.07, 6.45) is 10.7. The van der Waals surface area contributed by atoms with Gasteiger partial charge in [0.05, 0.1) is 0 Å². The molecule has 1 aliphatic rings. The number of hydrogen-bond donors (Lipinski definition) is 0. The molecule has 1 aliphatic carbocycles. The van der Waals surface area contributed by atoms with Crippen LogP contribution in [0.15, 0.2) is 0 Å². The zero-order valence-electron chi connectivity index (χ0n) is 6.06. The van der Waals surface area contributed by atoms with Gasteiger partial charge in [0.25, 0.3) is 0 Å². The molecule has 0 bridgehead atoms. The van der Waals surface area contributed by atoms with Crippen molar-refractivity contribution in [2.75, 3.05) is 0 Å². The second-order valence-corrected chi connectivity index (χ2v) is 3.03. The fraction of sp³-hybridized carbons (Fsp3) is 0.800. The average Bonchev–Trinajstić information content (AvgIpc) is 1.89. The standard InChI is InChI=1S/C9H14.CH4/c1-3-9-7-5-4-6-8(9)2;/h1,8-9H,4-7H2,2H3;1H4. The van der Waals surface area contributed by atoms with Crippen molar-refractivity contribution in [3.63, 3.8) is 0 Å². The van der Waals surface area contributed by atoms with Gasteiger partial charge in [-0.2, -0.15) is 0 Å². The van der Waals surface area contributed by atoms with Crippen molar-refractivity contribution in [3.8, 4) is 12.3 Å². The van der Waals surface area contributed by atoms with Crippen molar-refractivity contribution in [1.82, 2.24) is 0 Å². The van der Waals surface area contributed by atoms with Gasteiger partial charge in [-0.25, -0.2) is 0 Å². The maximum absolute atomic E-state index is 5.34. The van der Waals surface area contributed by atoms with E-state index >= 15 is 0 Å². The largest absolute Gasteiger partial charge is 0.120 e. The average molecular weight is 138 g/mol. The molecule has 0 saturated heterocycles. The summed E-state index contributed by atoms with van der Waals surface area (Å²) in [5, 5.41) is 0. The molecule has 1 fully saturated rings. The van der Waals surface area contributed by atoms with E-state index in [2.05, 4.69) is 12.8 Å². The number of rotatable bonds is 0. The van der Waals surface area contributed by atoms with Crippen LogP contribution in [0.4, 0.5) is 0 Å². The van der Waals surface area contributed by atoms with Crippen LogP contribution in [-0.4, -0.2) is 0 Å². The van der Waals surface area contributed by atoms with Crippen molar-refractivity contribution >= 4 is 0 Å². The van der Waals surface area contributed by atoms with Gasteiger partial charge >= 0.3 is 0 Å². The van der Waals surface area contributed by atoms with E-state index in [1.807, 2.05) is 0 Å². The summed E-state index contributed by atoms with van der Waals surface area (Å²) in [6, 6.07) is 0. The highest BCUT2D eigenvalue weighted by Gasteiger charge is 2.18. The lowest BCUT2D eigenvalue weighted by molar-refractivity contribution is 0.316. The minimum absolute atomic E-state index is 0. The lowest BCUT2D eigenvalue weighted by atomic mass is 9.81. The van der Waals surface area contributed by atoms with Gasteiger partial charge in [-0.05, 0) is 18.8 Å². The summed E-state index contributed by atoms with van der Waals surface area (Å²) in [4.78, 5) is 0. The minimum atomic E-state index is 0. The molecule has 0 aromatic heterocycles. The molecule has 2 atom stereocenters. The van der Waals surface area contributed by atoms with Gasteiger partial charge < -0.3 is 0 Å². The van der Waals surface area contributed by atoms with Crippen molar-refractivity contribution in [2.24, 2.45) is 11.8 Å². The molecule has 2 unspecified atom stereocenters. The molecular formula is C10H18. The monoisotopic (exact) mass is 138 g/mol. The van der Waals surface area contributed by atoms with Gasteiger partial charge in [0.15, 0.2) is 0 Å². The highest BCUT2D eigenvalue weighted by molar-refractivity contribution is 4.96. The topological polar surface area (TPSA) is 0 Å². The fourth-order valence-corrected chi connectivity index (χ4v) is 1.56. The quantitative estimate of drug-likeness (QED) is 0.451. The summed E-state index contributed by atoms with van der Waals surface area (Å²) in [5.74, 6) is 4.22. The summed E-state index contributed by atoms with van der Waals surface area (Å²) in [7, 11) is 0. The zero-order chi connectivity index (χ0) is 6.69. The number of hydrogen-bond acceptors (Lipinski definition) is 0. The lowest BCUT2D eigenvalue weighted by Crippen LogP contribution is -2.14. The third kappa shape index (κ3) is 2.06. The molecule has 0 heterocycles. The number of terminal acetylenes is 1. The molecule has 0 heteroatoms. The maximum Gasteiger partial charge on any atom is 0.0225 e. The van der Waals surface area contributed by atoms with E-state index < -0.39 is 0 Å². The Morgan fingerprint density at radius 1 is 1.30 bits per heavy atom. The van der Waals surface area contributed by atoms with E-state index in [4.69, 9.17) is 6.42 Å². The minimum Gasteiger partial charge on any atom is -0.120 e. The highest BCUT2D eigenvalue weighted by atomic mass is 14.2. The predicted octanol–water partition coefficient (Wildman–Crippen LogP) is 3.08. The molecule has 1 saturated carbocycles. The first kappa shape index (κ1) is 9.56. The zero-order valence-corrected chi connectivity index (χ0v) is 6.06. The molecule has 1 rings (SSSR count). The molecular weight excluding hydrogens is 120 g/mol. The van der Waals surface area contributed by atoms with Gasteiger partial charge in [0.1, 0.15) is 0 Å². The second kappa shape index (κ2) is 4.39. The van der Waals surface area contributed by atoms with Crippen LogP contribution in [0.1, 0.15) is 40.0 Å². The van der Waals surface area contributed by atoms with E-state index in [1.54, 1.807) is 0 Å². The molecule has 0 aromatic carbocycles. The van der Waals surface area contributed by atoms with Crippen LogP contribution < -0.4 is 0 Å². The second-order valence-electron chi connectivity index (χ2n) is 3.03. The van der Waals surface area contributed by atoms with Gasteiger partial charge in [-0.3, -0.25) is 0 Å². The summed E-state index contributed by atoms with van der Waals surface area (Å²) >= 11 is 0. The van der Waals surface area contributed by atoms with Crippen LogP contribution in [0, 0.1) is 24.2 Å². The Bertz CT molecular complexity index is 118. The molecule has 10 heavy (non-hydrogen) atoms. The van der Waals surface area contributed by atoms with Crippen LogP contribution >= 0.6 is 0 Å². The Hall–Kier alpha value is -0.440. The van der Waals surface area contributed by atoms with E-state index in [1.165, 1.54) is 25.7 Å².